The number of nitrogens with zero attached hydrogens (tertiary/aromatic N) is 2. The largest absolute Gasteiger partial charge is 0.397 e. The van der Waals surface area contributed by atoms with Gasteiger partial charge in [-0.1, -0.05) is 29.8 Å². The maximum Gasteiger partial charge on any atom is 0.136 e. The van der Waals surface area contributed by atoms with Crippen molar-refractivity contribution in [2.45, 2.75) is 13.2 Å². The van der Waals surface area contributed by atoms with E-state index in [2.05, 4.69) is 9.55 Å². The number of nitrogens with two attached hydrogens (primary N) is 1. The number of benzene rings is 2. The van der Waals surface area contributed by atoms with E-state index >= 15 is 0 Å². The van der Waals surface area contributed by atoms with Crippen molar-refractivity contribution < 1.29 is 4.74 Å². The van der Waals surface area contributed by atoms with Crippen molar-refractivity contribution in [2.24, 2.45) is 0 Å². The number of aromatic nitrogens is 2. The van der Waals surface area contributed by atoms with Crippen LogP contribution in [0, 0.1) is 0 Å². The number of rotatable bonds is 4. The van der Waals surface area contributed by atoms with Gasteiger partial charge in [-0.25, -0.2) is 4.98 Å². The number of nitrogen functional groups attached to an aromatic ring is 1. The van der Waals surface area contributed by atoms with Crippen LogP contribution in [0.25, 0.3) is 11.0 Å². The molecule has 1 heterocycles. The first-order valence-electron chi connectivity index (χ1n) is 6.66. The fourth-order valence-electron chi connectivity index (χ4n) is 2.40. The van der Waals surface area contributed by atoms with E-state index in [0.717, 1.165) is 27.4 Å². The molecule has 0 aliphatic carbocycles. The molecule has 4 nitrogen and oxygen atoms in total. The predicted molar refractivity (Wildman–Crippen MR) is 85.4 cm³/mol. The molecule has 2 N–H and O–H groups in total. The molecule has 0 unspecified atom stereocenters. The first-order chi connectivity index (χ1) is 10.2. The van der Waals surface area contributed by atoms with Gasteiger partial charge in [0.25, 0.3) is 0 Å². The summed E-state index contributed by atoms with van der Waals surface area (Å²) in [6, 6.07) is 13.6. The number of hydrogen-bond acceptors (Lipinski definition) is 3. The van der Waals surface area contributed by atoms with E-state index in [4.69, 9.17) is 22.1 Å². The number of halogens is 1. The van der Waals surface area contributed by atoms with Crippen LogP contribution in [0.15, 0.2) is 42.5 Å². The molecule has 0 aliphatic heterocycles. The summed E-state index contributed by atoms with van der Waals surface area (Å²) in [7, 11) is 1.66. The van der Waals surface area contributed by atoms with Crippen molar-refractivity contribution in [1.82, 2.24) is 9.55 Å². The van der Waals surface area contributed by atoms with Crippen LogP contribution in [0.5, 0.6) is 0 Å². The van der Waals surface area contributed by atoms with E-state index in [0.29, 0.717) is 18.8 Å². The Hall–Kier alpha value is -2.04. The number of imidazole rings is 1. The SMILES string of the molecule is COCc1nc2c(N)cccc2n1Cc1ccc(Cl)cc1. The van der Waals surface area contributed by atoms with Crippen LogP contribution in [0.2, 0.25) is 5.02 Å². The Morgan fingerprint density at radius 3 is 2.67 bits per heavy atom. The second-order valence-corrected chi connectivity index (χ2v) is 5.33. The van der Waals surface area contributed by atoms with Gasteiger partial charge in [0, 0.05) is 18.7 Å². The molecule has 3 aromatic rings. The van der Waals surface area contributed by atoms with Crippen LogP contribution in [0.3, 0.4) is 0 Å². The van der Waals surface area contributed by atoms with Crippen LogP contribution in [0.4, 0.5) is 5.69 Å². The van der Waals surface area contributed by atoms with Crippen LogP contribution >= 0.6 is 11.6 Å². The molecule has 0 atom stereocenters. The molecule has 0 aliphatic rings. The molecule has 21 heavy (non-hydrogen) atoms. The molecule has 0 saturated carbocycles. The highest BCUT2D eigenvalue weighted by Gasteiger charge is 2.12. The summed E-state index contributed by atoms with van der Waals surface area (Å²) in [4.78, 5) is 4.60. The Bertz CT molecular complexity index is 765. The average molecular weight is 302 g/mol. The molecule has 0 bridgehead atoms. The highest BCUT2D eigenvalue weighted by Crippen LogP contribution is 2.23. The van der Waals surface area contributed by atoms with Crippen LogP contribution < -0.4 is 5.73 Å². The zero-order valence-corrected chi connectivity index (χ0v) is 12.5. The smallest absolute Gasteiger partial charge is 0.136 e. The summed E-state index contributed by atoms with van der Waals surface area (Å²) >= 11 is 5.93. The number of methoxy groups -OCH3 is 1. The third-order valence-corrected chi connectivity index (χ3v) is 3.67. The third-order valence-electron chi connectivity index (χ3n) is 3.42. The normalized spacial score (nSPS) is 11.1. The zero-order valence-electron chi connectivity index (χ0n) is 11.7. The maximum absolute atomic E-state index is 6.01. The van der Waals surface area contributed by atoms with Crippen molar-refractivity contribution in [3.8, 4) is 0 Å². The van der Waals surface area contributed by atoms with Crippen molar-refractivity contribution >= 4 is 28.3 Å². The molecule has 2 aromatic carbocycles. The summed E-state index contributed by atoms with van der Waals surface area (Å²) in [6.45, 7) is 1.15. The lowest BCUT2D eigenvalue weighted by molar-refractivity contribution is 0.175. The third kappa shape index (κ3) is 2.73. The van der Waals surface area contributed by atoms with Crippen LogP contribution in [0.1, 0.15) is 11.4 Å². The lowest BCUT2D eigenvalue weighted by atomic mass is 10.2. The number of fused-ring (bicyclic) bond motifs is 1. The molecular formula is C16H16ClN3O. The fraction of sp³-hybridized carbons (Fsp3) is 0.188. The van der Waals surface area contributed by atoms with Gasteiger partial charge >= 0.3 is 0 Å². The Kier molecular flexibility index (Phi) is 3.82. The molecule has 0 fully saturated rings. The molecular weight excluding hydrogens is 286 g/mol. The zero-order chi connectivity index (χ0) is 14.8. The molecule has 1 aromatic heterocycles. The first-order valence-corrected chi connectivity index (χ1v) is 7.04. The number of ether oxygens (including phenoxy) is 1. The summed E-state index contributed by atoms with van der Waals surface area (Å²) < 4.78 is 7.37. The highest BCUT2D eigenvalue weighted by molar-refractivity contribution is 6.30. The van der Waals surface area contributed by atoms with Gasteiger partial charge in [0.15, 0.2) is 0 Å². The quantitative estimate of drug-likeness (QED) is 0.751. The van der Waals surface area contributed by atoms with Crippen molar-refractivity contribution in [3.63, 3.8) is 0 Å². The Morgan fingerprint density at radius 1 is 1.19 bits per heavy atom. The lowest BCUT2D eigenvalue weighted by Gasteiger charge is -2.09. The predicted octanol–water partition coefficient (Wildman–Crippen LogP) is 3.47. The summed E-state index contributed by atoms with van der Waals surface area (Å²) in [5, 5.41) is 0.732. The monoisotopic (exact) mass is 301 g/mol. The van der Waals surface area contributed by atoms with Crippen molar-refractivity contribution in [2.75, 3.05) is 12.8 Å². The van der Waals surface area contributed by atoms with E-state index in [9.17, 15) is 0 Å². The van der Waals surface area contributed by atoms with Crippen molar-refractivity contribution in [3.05, 3.63) is 58.9 Å². The topological polar surface area (TPSA) is 53.1 Å². The number of para-hydroxylation sites is 1. The lowest BCUT2D eigenvalue weighted by Crippen LogP contribution is -2.06. The minimum atomic E-state index is 0.446. The highest BCUT2D eigenvalue weighted by atomic mass is 35.5. The van der Waals surface area contributed by atoms with Crippen molar-refractivity contribution in [1.29, 1.82) is 0 Å². The molecule has 0 spiro atoms. The van der Waals surface area contributed by atoms with Gasteiger partial charge in [0.1, 0.15) is 17.9 Å². The van der Waals surface area contributed by atoms with Gasteiger partial charge in [-0.05, 0) is 29.8 Å². The van der Waals surface area contributed by atoms with E-state index in [1.165, 1.54) is 0 Å². The Morgan fingerprint density at radius 2 is 1.95 bits per heavy atom. The Labute approximate surface area is 128 Å². The average Bonchev–Trinajstić information content (AvgIpc) is 2.82. The Balaban J connectivity index is 2.08. The summed E-state index contributed by atoms with van der Waals surface area (Å²) in [5.41, 5.74) is 9.67. The number of hydrogen-bond donors (Lipinski definition) is 1. The fourth-order valence-corrected chi connectivity index (χ4v) is 2.53. The molecule has 3 rings (SSSR count). The van der Waals surface area contributed by atoms with Gasteiger partial charge in [0.05, 0.1) is 11.2 Å². The van der Waals surface area contributed by atoms with Crippen LogP contribution in [-0.2, 0) is 17.9 Å². The van der Waals surface area contributed by atoms with Gasteiger partial charge in [-0.2, -0.15) is 0 Å². The minimum absolute atomic E-state index is 0.446. The second-order valence-electron chi connectivity index (χ2n) is 4.89. The minimum Gasteiger partial charge on any atom is -0.397 e. The first kappa shape index (κ1) is 13.9. The molecule has 5 heteroatoms. The summed E-state index contributed by atoms with van der Waals surface area (Å²) in [5.74, 6) is 0.861. The standard InChI is InChI=1S/C16H16ClN3O/c1-21-10-15-19-16-13(18)3-2-4-14(16)20(15)9-11-5-7-12(17)8-6-11/h2-8H,9-10,18H2,1H3. The molecule has 0 saturated heterocycles. The summed E-state index contributed by atoms with van der Waals surface area (Å²) in [6.07, 6.45) is 0. The molecule has 0 amide bonds. The van der Waals surface area contributed by atoms with Gasteiger partial charge in [0.2, 0.25) is 0 Å². The molecule has 108 valence electrons. The van der Waals surface area contributed by atoms with E-state index in [-0.39, 0.29) is 0 Å². The van der Waals surface area contributed by atoms with Gasteiger partial charge in [-0.15, -0.1) is 0 Å². The molecule has 0 radical (unpaired) electrons. The maximum atomic E-state index is 6.01. The van der Waals surface area contributed by atoms with E-state index < -0.39 is 0 Å². The van der Waals surface area contributed by atoms with Gasteiger partial charge < -0.3 is 15.0 Å². The van der Waals surface area contributed by atoms with Gasteiger partial charge in [-0.3, -0.25) is 0 Å². The number of anilines is 1. The second kappa shape index (κ2) is 5.76. The van der Waals surface area contributed by atoms with E-state index in [1.54, 1.807) is 7.11 Å². The van der Waals surface area contributed by atoms with Crippen LogP contribution in [-0.4, -0.2) is 16.7 Å². The van der Waals surface area contributed by atoms with E-state index in [1.807, 2.05) is 42.5 Å².